The summed E-state index contributed by atoms with van der Waals surface area (Å²) in [7, 11) is 0. The molecule has 0 unspecified atom stereocenters. The summed E-state index contributed by atoms with van der Waals surface area (Å²) in [5, 5.41) is 0. The van der Waals surface area contributed by atoms with Gasteiger partial charge in [0.25, 0.3) is 5.92 Å². The van der Waals surface area contributed by atoms with Crippen molar-refractivity contribution in [2.24, 2.45) is 5.92 Å². The van der Waals surface area contributed by atoms with Crippen molar-refractivity contribution in [2.75, 3.05) is 11.5 Å². The maximum atomic E-state index is 14.0. The third-order valence-corrected chi connectivity index (χ3v) is 8.47. The minimum Gasteiger partial charge on any atom is -0.281 e. The van der Waals surface area contributed by atoms with Crippen LogP contribution in [0.25, 0.3) is 0 Å². The van der Waals surface area contributed by atoms with E-state index in [0.717, 1.165) is 11.5 Å². The highest BCUT2D eigenvalue weighted by atomic mass is 32.2. The maximum Gasteiger partial charge on any atom is 0.254 e. The molecule has 1 nitrogen and oxygen atoms in total. The molecule has 5 heteroatoms. The first kappa shape index (κ1) is 16.4. The van der Waals surface area contributed by atoms with Crippen molar-refractivity contribution < 1.29 is 8.78 Å². The third-order valence-electron chi connectivity index (χ3n) is 5.55. The number of rotatable bonds is 0. The normalized spacial score (nSPS) is 41.7. The molecule has 3 rings (SSSR count). The standard InChI is InChI=1S/C16H27F2NS2/c1-14(2)13-9-11-12(10-16(11,17)18)19(13)15(3,4)21-8-6-5-7-20-14/h11-13H,5-10H2,1-4H3/t11-,12-,13+/m1/s1. The third kappa shape index (κ3) is 2.76. The van der Waals surface area contributed by atoms with Crippen molar-refractivity contribution in [3.05, 3.63) is 0 Å². The second-order valence-corrected chi connectivity index (χ2v) is 11.2. The van der Waals surface area contributed by atoms with E-state index in [9.17, 15) is 8.78 Å². The summed E-state index contributed by atoms with van der Waals surface area (Å²) in [6, 6.07) is 0.360. The molecule has 0 N–H and O–H groups in total. The summed E-state index contributed by atoms with van der Waals surface area (Å²) in [6.07, 6.45) is 3.22. The van der Waals surface area contributed by atoms with Crippen molar-refractivity contribution in [3.8, 4) is 0 Å². The second kappa shape index (κ2) is 5.27. The molecule has 0 aromatic rings. The average molecular weight is 336 g/mol. The van der Waals surface area contributed by atoms with Crippen LogP contribution >= 0.6 is 23.5 Å². The molecule has 2 heterocycles. The molecule has 2 aliphatic heterocycles. The number of nitrogens with zero attached hydrogens (tertiary/aromatic N) is 1. The fraction of sp³-hybridized carbons (Fsp3) is 1.00. The van der Waals surface area contributed by atoms with E-state index in [1.165, 1.54) is 12.8 Å². The summed E-state index contributed by atoms with van der Waals surface area (Å²) in [6.45, 7) is 9.01. The van der Waals surface area contributed by atoms with Gasteiger partial charge < -0.3 is 0 Å². The van der Waals surface area contributed by atoms with E-state index in [2.05, 4.69) is 32.6 Å². The van der Waals surface area contributed by atoms with Gasteiger partial charge in [0, 0.05) is 29.2 Å². The van der Waals surface area contributed by atoms with E-state index in [1.807, 2.05) is 23.5 Å². The smallest absolute Gasteiger partial charge is 0.254 e. The van der Waals surface area contributed by atoms with Gasteiger partial charge in [-0.2, -0.15) is 11.8 Å². The van der Waals surface area contributed by atoms with Crippen LogP contribution in [-0.2, 0) is 0 Å². The number of halogens is 2. The van der Waals surface area contributed by atoms with E-state index >= 15 is 0 Å². The predicted molar refractivity (Wildman–Crippen MR) is 89.4 cm³/mol. The van der Waals surface area contributed by atoms with Gasteiger partial charge in [0.15, 0.2) is 0 Å². The van der Waals surface area contributed by atoms with Gasteiger partial charge in [0.1, 0.15) is 0 Å². The Bertz CT molecular complexity index is 411. The highest BCUT2D eigenvalue weighted by Crippen LogP contribution is 2.59. The van der Waals surface area contributed by atoms with Crippen LogP contribution in [0.15, 0.2) is 0 Å². The van der Waals surface area contributed by atoms with Crippen LogP contribution in [0.2, 0.25) is 0 Å². The highest BCUT2D eigenvalue weighted by Gasteiger charge is 2.67. The van der Waals surface area contributed by atoms with Crippen LogP contribution in [0.5, 0.6) is 0 Å². The van der Waals surface area contributed by atoms with Crippen molar-refractivity contribution >= 4 is 23.5 Å². The SMILES string of the molecule is CC1(C)SCCCCSC(C)(C)N2[C@@H]3CC(F)(F)[C@@H]3C[C@H]21. The molecular weight excluding hydrogens is 308 g/mol. The topological polar surface area (TPSA) is 3.24 Å². The minimum atomic E-state index is -2.43. The van der Waals surface area contributed by atoms with Crippen LogP contribution in [0.3, 0.4) is 0 Å². The summed E-state index contributed by atoms with van der Waals surface area (Å²) < 4.78 is 28.0. The zero-order chi connectivity index (χ0) is 15.5. The molecular formula is C16H27F2NS2. The van der Waals surface area contributed by atoms with Crippen molar-refractivity contribution in [1.29, 1.82) is 0 Å². The van der Waals surface area contributed by atoms with Gasteiger partial charge in [-0.25, -0.2) is 8.78 Å². The molecule has 1 saturated carbocycles. The Kier molecular flexibility index (Phi) is 4.11. The summed E-state index contributed by atoms with van der Waals surface area (Å²) in [4.78, 5) is 2.44. The lowest BCUT2D eigenvalue weighted by molar-refractivity contribution is -0.162. The fourth-order valence-electron chi connectivity index (χ4n) is 4.33. The molecule has 0 amide bonds. The zero-order valence-corrected chi connectivity index (χ0v) is 15.1. The monoisotopic (exact) mass is 335 g/mol. The van der Waals surface area contributed by atoms with Crippen LogP contribution < -0.4 is 0 Å². The molecule has 3 atom stereocenters. The average Bonchev–Trinajstić information content (AvgIpc) is 2.69. The first-order valence-electron chi connectivity index (χ1n) is 8.09. The summed E-state index contributed by atoms with van der Waals surface area (Å²) in [5.41, 5.74) is 0. The Morgan fingerprint density at radius 3 is 2.24 bits per heavy atom. The molecule has 21 heavy (non-hydrogen) atoms. The van der Waals surface area contributed by atoms with E-state index in [4.69, 9.17) is 0 Å². The largest absolute Gasteiger partial charge is 0.281 e. The highest BCUT2D eigenvalue weighted by molar-refractivity contribution is 8.01. The quantitative estimate of drug-likeness (QED) is 0.622. The number of hydrogen-bond acceptors (Lipinski definition) is 3. The molecule has 3 fully saturated rings. The maximum absolute atomic E-state index is 14.0. The lowest BCUT2D eigenvalue weighted by Gasteiger charge is -2.51. The molecule has 122 valence electrons. The Morgan fingerprint density at radius 1 is 1.00 bits per heavy atom. The molecule has 0 aromatic heterocycles. The van der Waals surface area contributed by atoms with Crippen molar-refractivity contribution in [3.63, 3.8) is 0 Å². The summed E-state index contributed by atoms with van der Waals surface area (Å²) >= 11 is 3.96. The van der Waals surface area contributed by atoms with Gasteiger partial charge in [-0.1, -0.05) is 0 Å². The lowest BCUT2D eigenvalue weighted by atomic mass is 9.75. The number of fused-ring (bicyclic) bond motifs is 3. The Morgan fingerprint density at radius 2 is 1.62 bits per heavy atom. The molecule has 0 bridgehead atoms. The van der Waals surface area contributed by atoms with Crippen LogP contribution in [0.4, 0.5) is 8.78 Å². The van der Waals surface area contributed by atoms with Gasteiger partial charge >= 0.3 is 0 Å². The number of hydrogen-bond donors (Lipinski definition) is 0. The van der Waals surface area contributed by atoms with Crippen LogP contribution in [0.1, 0.15) is 53.4 Å². The predicted octanol–water partition coefficient (Wildman–Crippen LogP) is 4.86. The van der Waals surface area contributed by atoms with E-state index in [-0.39, 0.29) is 28.1 Å². The Hall–Kier alpha value is 0.520. The van der Waals surface area contributed by atoms with Crippen molar-refractivity contribution in [2.45, 2.75) is 81.0 Å². The minimum absolute atomic E-state index is 0.0320. The number of thioether (sulfide) groups is 2. The van der Waals surface area contributed by atoms with E-state index in [0.29, 0.717) is 6.42 Å². The van der Waals surface area contributed by atoms with Gasteiger partial charge in [-0.15, -0.1) is 11.8 Å². The summed E-state index contributed by atoms with van der Waals surface area (Å²) in [5.74, 6) is -0.544. The van der Waals surface area contributed by atoms with Crippen LogP contribution in [0, 0.1) is 5.92 Å². The molecule has 0 radical (unpaired) electrons. The molecule has 3 aliphatic rings. The van der Waals surface area contributed by atoms with Crippen molar-refractivity contribution in [1.82, 2.24) is 4.90 Å². The molecule has 0 aromatic carbocycles. The first-order chi connectivity index (χ1) is 9.65. The fourth-order valence-corrected chi connectivity index (χ4v) is 6.86. The first-order valence-corrected chi connectivity index (χ1v) is 10.1. The zero-order valence-electron chi connectivity index (χ0n) is 13.5. The molecule has 1 aliphatic carbocycles. The van der Waals surface area contributed by atoms with Gasteiger partial charge in [0.2, 0.25) is 0 Å². The molecule has 0 spiro atoms. The second-order valence-electron chi connectivity index (χ2n) is 7.75. The van der Waals surface area contributed by atoms with E-state index in [1.54, 1.807) is 0 Å². The Labute approximate surface area is 136 Å². The lowest BCUT2D eigenvalue weighted by Crippen LogP contribution is -2.61. The van der Waals surface area contributed by atoms with Gasteiger partial charge in [0.05, 0.1) is 4.87 Å². The van der Waals surface area contributed by atoms with Gasteiger partial charge in [-0.3, -0.25) is 4.90 Å². The van der Waals surface area contributed by atoms with E-state index < -0.39 is 11.8 Å². The number of alkyl halides is 2. The Balaban J connectivity index is 1.92. The molecule has 2 saturated heterocycles. The van der Waals surface area contributed by atoms with Gasteiger partial charge in [-0.05, 0) is 58.5 Å². The van der Waals surface area contributed by atoms with Crippen LogP contribution in [-0.4, -0.2) is 44.0 Å².